The van der Waals surface area contributed by atoms with Crippen LogP contribution >= 0.6 is 0 Å². The molecule has 148 valence electrons. The topological polar surface area (TPSA) is 107 Å². The molecule has 0 atom stereocenters. The minimum atomic E-state index is -3.92. The number of ether oxygens (including phenoxy) is 1. The van der Waals surface area contributed by atoms with Gasteiger partial charge in [-0.2, -0.15) is 5.10 Å². The maximum absolute atomic E-state index is 11.7. The number of aryl methyl sites for hydroxylation is 1. The molecule has 3 aromatic rings. The summed E-state index contributed by atoms with van der Waals surface area (Å²) in [4.78, 5) is -0.0920. The number of aromatic nitrogens is 2. The molecule has 0 saturated carbocycles. The fourth-order valence-electron chi connectivity index (χ4n) is 3.07. The molecule has 0 amide bonds. The van der Waals surface area contributed by atoms with E-state index in [9.17, 15) is 13.5 Å². The molecule has 0 radical (unpaired) electrons. The van der Waals surface area contributed by atoms with E-state index in [1.165, 1.54) is 6.07 Å². The SMILES string of the molecule is CCCc1cc(-c2ccc(OC)cc2)n(-c2ccc(S(N)(=O)=O)c(CO)c2)n1. The molecule has 0 spiro atoms. The Morgan fingerprint density at radius 3 is 2.43 bits per heavy atom. The van der Waals surface area contributed by atoms with E-state index >= 15 is 0 Å². The molecule has 3 N–H and O–H groups in total. The standard InChI is InChI=1S/C20H23N3O4S/c1-3-4-16-12-19(14-5-8-18(27-2)9-6-14)23(22-16)17-7-10-20(28(21,25)26)15(11-17)13-24/h5-12,24H,3-4,13H2,1-2H3,(H2,21,25,26). The Morgan fingerprint density at radius 1 is 1.14 bits per heavy atom. The average molecular weight is 401 g/mol. The quantitative estimate of drug-likeness (QED) is 0.633. The Balaban J connectivity index is 2.15. The Hall–Kier alpha value is -2.68. The fraction of sp³-hybridized carbons (Fsp3) is 0.250. The van der Waals surface area contributed by atoms with Crippen molar-refractivity contribution in [1.82, 2.24) is 9.78 Å². The van der Waals surface area contributed by atoms with Crippen molar-refractivity contribution in [1.29, 1.82) is 0 Å². The first-order valence-electron chi connectivity index (χ1n) is 8.87. The number of hydrogen-bond acceptors (Lipinski definition) is 5. The van der Waals surface area contributed by atoms with E-state index in [0.29, 0.717) is 5.69 Å². The van der Waals surface area contributed by atoms with Crippen LogP contribution < -0.4 is 9.88 Å². The molecule has 0 fully saturated rings. The van der Waals surface area contributed by atoms with Crippen molar-refractivity contribution in [2.75, 3.05) is 7.11 Å². The van der Waals surface area contributed by atoms with Gasteiger partial charge in [-0.15, -0.1) is 0 Å². The third kappa shape index (κ3) is 4.09. The molecule has 1 aromatic heterocycles. The van der Waals surface area contributed by atoms with Gasteiger partial charge in [0.05, 0.1) is 35.7 Å². The number of rotatable bonds is 7. The van der Waals surface area contributed by atoms with Gasteiger partial charge in [-0.05, 0) is 60.5 Å². The van der Waals surface area contributed by atoms with Gasteiger partial charge < -0.3 is 9.84 Å². The number of methoxy groups -OCH3 is 1. The zero-order valence-electron chi connectivity index (χ0n) is 15.8. The molecule has 28 heavy (non-hydrogen) atoms. The molecule has 0 aliphatic heterocycles. The highest BCUT2D eigenvalue weighted by molar-refractivity contribution is 7.89. The molecule has 0 aliphatic rings. The van der Waals surface area contributed by atoms with Gasteiger partial charge in [0.25, 0.3) is 0 Å². The van der Waals surface area contributed by atoms with Gasteiger partial charge in [-0.25, -0.2) is 18.2 Å². The van der Waals surface area contributed by atoms with Crippen LogP contribution in [-0.4, -0.2) is 30.4 Å². The lowest BCUT2D eigenvalue weighted by Crippen LogP contribution is -2.15. The van der Waals surface area contributed by atoms with Crippen molar-refractivity contribution in [2.24, 2.45) is 5.14 Å². The second-order valence-electron chi connectivity index (χ2n) is 6.41. The first-order chi connectivity index (χ1) is 13.4. The summed E-state index contributed by atoms with van der Waals surface area (Å²) in [5.74, 6) is 0.753. The first kappa shape index (κ1) is 20.1. The molecule has 0 saturated heterocycles. The van der Waals surface area contributed by atoms with Crippen molar-refractivity contribution in [2.45, 2.75) is 31.3 Å². The summed E-state index contributed by atoms with van der Waals surface area (Å²) in [5.41, 5.74) is 3.60. The van der Waals surface area contributed by atoms with E-state index in [-0.39, 0.29) is 10.5 Å². The fourth-order valence-corrected chi connectivity index (χ4v) is 3.82. The van der Waals surface area contributed by atoms with Crippen LogP contribution in [0.2, 0.25) is 0 Å². The van der Waals surface area contributed by atoms with E-state index in [1.807, 2.05) is 30.3 Å². The summed E-state index contributed by atoms with van der Waals surface area (Å²) < 4.78 is 30.4. The molecular formula is C20H23N3O4S. The van der Waals surface area contributed by atoms with Crippen molar-refractivity contribution in [3.05, 3.63) is 59.8 Å². The maximum atomic E-state index is 11.7. The van der Waals surface area contributed by atoms with Crippen LogP contribution in [0.15, 0.2) is 53.4 Å². The normalized spacial score (nSPS) is 11.6. The van der Waals surface area contributed by atoms with E-state index in [4.69, 9.17) is 9.88 Å². The summed E-state index contributed by atoms with van der Waals surface area (Å²) in [6.07, 6.45) is 1.77. The number of sulfonamides is 1. The highest BCUT2D eigenvalue weighted by Gasteiger charge is 2.17. The monoisotopic (exact) mass is 401 g/mol. The average Bonchev–Trinajstić information content (AvgIpc) is 3.11. The number of primary sulfonamides is 1. The molecular weight excluding hydrogens is 378 g/mol. The highest BCUT2D eigenvalue weighted by atomic mass is 32.2. The number of aliphatic hydroxyl groups is 1. The lowest BCUT2D eigenvalue weighted by molar-refractivity contribution is 0.278. The van der Waals surface area contributed by atoms with Crippen LogP contribution in [-0.2, 0) is 23.1 Å². The maximum Gasteiger partial charge on any atom is 0.238 e. The Labute approximate surface area is 164 Å². The zero-order valence-corrected chi connectivity index (χ0v) is 16.6. The van der Waals surface area contributed by atoms with Gasteiger partial charge in [0.2, 0.25) is 10.0 Å². The predicted octanol–water partition coefficient (Wildman–Crippen LogP) is 2.64. The molecule has 7 nitrogen and oxygen atoms in total. The second kappa shape index (κ2) is 8.14. The van der Waals surface area contributed by atoms with E-state index in [2.05, 4.69) is 12.0 Å². The third-order valence-electron chi connectivity index (χ3n) is 4.42. The summed E-state index contributed by atoms with van der Waals surface area (Å²) in [7, 11) is -2.31. The van der Waals surface area contributed by atoms with Crippen LogP contribution in [0.4, 0.5) is 0 Å². The van der Waals surface area contributed by atoms with Crippen LogP contribution in [0, 0.1) is 0 Å². The lowest BCUT2D eigenvalue weighted by atomic mass is 10.1. The molecule has 0 bridgehead atoms. The van der Waals surface area contributed by atoms with Gasteiger partial charge >= 0.3 is 0 Å². The Kier molecular flexibility index (Phi) is 5.83. The van der Waals surface area contributed by atoms with Crippen LogP contribution in [0.25, 0.3) is 16.9 Å². The molecule has 0 aliphatic carbocycles. The largest absolute Gasteiger partial charge is 0.497 e. The van der Waals surface area contributed by atoms with Crippen LogP contribution in [0.5, 0.6) is 5.75 Å². The molecule has 2 aromatic carbocycles. The van der Waals surface area contributed by atoms with Crippen molar-refractivity contribution in [3.63, 3.8) is 0 Å². The molecule has 3 rings (SSSR count). The van der Waals surface area contributed by atoms with Crippen molar-refractivity contribution < 1.29 is 18.3 Å². The van der Waals surface area contributed by atoms with E-state index < -0.39 is 16.6 Å². The van der Waals surface area contributed by atoms with Crippen molar-refractivity contribution in [3.8, 4) is 22.7 Å². The number of benzene rings is 2. The lowest BCUT2D eigenvalue weighted by Gasteiger charge is -2.12. The van der Waals surface area contributed by atoms with Crippen molar-refractivity contribution >= 4 is 10.0 Å². The van der Waals surface area contributed by atoms with Gasteiger partial charge in [-0.3, -0.25) is 0 Å². The third-order valence-corrected chi connectivity index (χ3v) is 5.43. The molecule has 1 heterocycles. The highest BCUT2D eigenvalue weighted by Crippen LogP contribution is 2.28. The van der Waals surface area contributed by atoms with Gasteiger partial charge in [-0.1, -0.05) is 13.3 Å². The summed E-state index contributed by atoms with van der Waals surface area (Å²) in [6.45, 7) is 1.64. The summed E-state index contributed by atoms with van der Waals surface area (Å²) in [6, 6.07) is 14.3. The summed E-state index contributed by atoms with van der Waals surface area (Å²) >= 11 is 0. The minimum Gasteiger partial charge on any atom is -0.497 e. The van der Waals surface area contributed by atoms with E-state index in [0.717, 1.165) is 35.5 Å². The zero-order chi connectivity index (χ0) is 20.3. The number of aliphatic hydroxyl groups excluding tert-OH is 1. The van der Waals surface area contributed by atoms with Crippen LogP contribution in [0.3, 0.4) is 0 Å². The van der Waals surface area contributed by atoms with Crippen LogP contribution in [0.1, 0.15) is 24.6 Å². The summed E-state index contributed by atoms with van der Waals surface area (Å²) in [5, 5.41) is 19.5. The number of nitrogens with two attached hydrogens (primary N) is 1. The van der Waals surface area contributed by atoms with Gasteiger partial charge in [0.1, 0.15) is 5.75 Å². The Bertz CT molecular complexity index is 1070. The first-order valence-corrected chi connectivity index (χ1v) is 10.4. The smallest absolute Gasteiger partial charge is 0.238 e. The van der Waals surface area contributed by atoms with Gasteiger partial charge in [0, 0.05) is 5.56 Å². The van der Waals surface area contributed by atoms with E-state index in [1.54, 1.807) is 23.9 Å². The number of hydrogen-bond donors (Lipinski definition) is 2. The second-order valence-corrected chi connectivity index (χ2v) is 7.94. The predicted molar refractivity (Wildman–Crippen MR) is 107 cm³/mol. The number of nitrogens with zero attached hydrogens (tertiary/aromatic N) is 2. The molecule has 8 heteroatoms. The minimum absolute atomic E-state index is 0.0920. The Morgan fingerprint density at radius 2 is 1.86 bits per heavy atom. The van der Waals surface area contributed by atoms with Gasteiger partial charge in [0.15, 0.2) is 0 Å². The molecule has 0 unspecified atom stereocenters.